The van der Waals surface area contributed by atoms with Gasteiger partial charge in [0.25, 0.3) is 5.56 Å². The first kappa shape index (κ1) is 18.3. The number of rotatable bonds is 7. The molecule has 1 aromatic carbocycles. The Morgan fingerprint density at radius 2 is 1.85 bits per heavy atom. The highest BCUT2D eigenvalue weighted by Gasteiger charge is 2.08. The lowest BCUT2D eigenvalue weighted by Crippen LogP contribution is -2.34. The number of nitrogens with one attached hydrogen (secondary N) is 2. The molecule has 7 nitrogen and oxygen atoms in total. The number of carbonyl (C=O) groups is 2. The summed E-state index contributed by atoms with van der Waals surface area (Å²) in [6.07, 6.45) is 5.12. The number of pyridine rings is 2. The van der Waals surface area contributed by atoms with Crippen molar-refractivity contribution in [2.45, 2.75) is 19.5 Å². The van der Waals surface area contributed by atoms with Crippen LogP contribution in [0, 0.1) is 0 Å². The van der Waals surface area contributed by atoms with E-state index in [1.165, 1.54) is 4.57 Å². The minimum absolute atomic E-state index is 0.0824. The van der Waals surface area contributed by atoms with Gasteiger partial charge in [-0.2, -0.15) is 0 Å². The van der Waals surface area contributed by atoms with Crippen LogP contribution in [0.1, 0.15) is 12.0 Å². The Kier molecular flexibility index (Phi) is 5.94. The molecule has 0 aliphatic carbocycles. The SMILES string of the molecule is O=C(CCNC(=O)Cn1ccc2ccccc2c1=O)NCc1cccnc1. The van der Waals surface area contributed by atoms with Gasteiger partial charge in [0.1, 0.15) is 6.54 Å². The summed E-state index contributed by atoms with van der Waals surface area (Å²) in [7, 11) is 0. The van der Waals surface area contributed by atoms with Crippen LogP contribution >= 0.6 is 0 Å². The van der Waals surface area contributed by atoms with Gasteiger partial charge in [-0.25, -0.2) is 0 Å². The van der Waals surface area contributed by atoms with Gasteiger partial charge < -0.3 is 15.2 Å². The summed E-state index contributed by atoms with van der Waals surface area (Å²) in [6, 6.07) is 12.7. The molecule has 0 unspecified atom stereocenters. The molecule has 2 heterocycles. The monoisotopic (exact) mass is 364 g/mol. The highest BCUT2D eigenvalue weighted by atomic mass is 16.2. The predicted octanol–water partition coefficient (Wildman–Crippen LogP) is 1.22. The van der Waals surface area contributed by atoms with Gasteiger partial charge in [-0.15, -0.1) is 0 Å². The maximum Gasteiger partial charge on any atom is 0.258 e. The first-order chi connectivity index (χ1) is 13.1. The van der Waals surface area contributed by atoms with Crippen LogP contribution in [0.4, 0.5) is 0 Å². The van der Waals surface area contributed by atoms with Crippen LogP contribution < -0.4 is 16.2 Å². The second kappa shape index (κ2) is 8.75. The Labute approximate surface area is 156 Å². The van der Waals surface area contributed by atoms with E-state index in [1.807, 2.05) is 18.2 Å². The van der Waals surface area contributed by atoms with Gasteiger partial charge in [-0.1, -0.05) is 24.3 Å². The van der Waals surface area contributed by atoms with E-state index in [0.717, 1.165) is 10.9 Å². The quantitative estimate of drug-likeness (QED) is 0.659. The zero-order chi connectivity index (χ0) is 19.1. The molecular weight excluding hydrogens is 344 g/mol. The zero-order valence-electron chi connectivity index (χ0n) is 14.7. The van der Waals surface area contributed by atoms with Gasteiger partial charge in [-0.05, 0) is 29.1 Å². The molecule has 27 heavy (non-hydrogen) atoms. The van der Waals surface area contributed by atoms with Crippen molar-refractivity contribution in [1.29, 1.82) is 0 Å². The maximum absolute atomic E-state index is 12.4. The summed E-state index contributed by atoms with van der Waals surface area (Å²) in [5.41, 5.74) is 0.697. The van der Waals surface area contributed by atoms with Gasteiger partial charge in [0.05, 0.1) is 0 Å². The highest BCUT2D eigenvalue weighted by Crippen LogP contribution is 2.07. The van der Waals surface area contributed by atoms with Crippen molar-refractivity contribution in [2.24, 2.45) is 0 Å². The highest BCUT2D eigenvalue weighted by molar-refractivity contribution is 5.82. The van der Waals surface area contributed by atoms with E-state index in [4.69, 9.17) is 0 Å². The van der Waals surface area contributed by atoms with E-state index in [1.54, 1.807) is 42.9 Å². The van der Waals surface area contributed by atoms with E-state index in [9.17, 15) is 14.4 Å². The van der Waals surface area contributed by atoms with Crippen molar-refractivity contribution >= 4 is 22.6 Å². The molecule has 0 atom stereocenters. The van der Waals surface area contributed by atoms with E-state index in [0.29, 0.717) is 11.9 Å². The number of benzene rings is 1. The Morgan fingerprint density at radius 1 is 1.00 bits per heavy atom. The molecule has 7 heteroatoms. The van der Waals surface area contributed by atoms with Crippen LogP contribution in [-0.2, 0) is 22.7 Å². The molecule has 3 aromatic rings. The number of aromatic nitrogens is 2. The van der Waals surface area contributed by atoms with Crippen molar-refractivity contribution in [3.63, 3.8) is 0 Å². The normalized spacial score (nSPS) is 10.5. The molecule has 0 fully saturated rings. The van der Waals surface area contributed by atoms with Crippen LogP contribution in [0.15, 0.2) is 65.8 Å². The lowest BCUT2D eigenvalue weighted by molar-refractivity contribution is -0.122. The third kappa shape index (κ3) is 5.01. The molecule has 0 radical (unpaired) electrons. The summed E-state index contributed by atoms with van der Waals surface area (Å²) in [6.45, 7) is 0.522. The first-order valence-electron chi connectivity index (χ1n) is 8.64. The number of amides is 2. The van der Waals surface area contributed by atoms with E-state index in [2.05, 4.69) is 15.6 Å². The predicted molar refractivity (Wildman–Crippen MR) is 102 cm³/mol. The second-order valence-corrected chi connectivity index (χ2v) is 6.07. The largest absolute Gasteiger partial charge is 0.354 e. The number of fused-ring (bicyclic) bond motifs is 1. The van der Waals surface area contributed by atoms with Gasteiger partial charge in [0.15, 0.2) is 0 Å². The molecule has 0 spiro atoms. The molecule has 3 rings (SSSR count). The Balaban J connectivity index is 1.45. The summed E-state index contributed by atoms with van der Waals surface area (Å²) in [5, 5.41) is 6.84. The van der Waals surface area contributed by atoms with Crippen molar-refractivity contribution in [3.8, 4) is 0 Å². The summed E-state index contributed by atoms with van der Waals surface area (Å²) < 4.78 is 1.36. The molecule has 0 aliphatic heterocycles. The fourth-order valence-corrected chi connectivity index (χ4v) is 2.67. The Morgan fingerprint density at radius 3 is 2.67 bits per heavy atom. The Hall–Kier alpha value is -3.48. The number of nitrogens with zero attached hydrogens (tertiary/aromatic N) is 2. The number of carbonyl (C=O) groups excluding carboxylic acids is 2. The minimum Gasteiger partial charge on any atom is -0.354 e. The molecular formula is C20H20N4O3. The van der Waals surface area contributed by atoms with Crippen LogP contribution in [-0.4, -0.2) is 27.9 Å². The number of hydrogen-bond donors (Lipinski definition) is 2. The molecule has 0 bridgehead atoms. The lowest BCUT2D eigenvalue weighted by Gasteiger charge is -2.09. The molecule has 2 amide bonds. The minimum atomic E-state index is -0.313. The standard InChI is InChI=1S/C20H20N4O3/c25-18(23-13-15-4-3-9-21-12-15)7-10-22-19(26)14-24-11-8-16-5-1-2-6-17(16)20(24)27/h1-6,8-9,11-12H,7,10,13-14H2,(H,22,26)(H,23,25). The van der Waals surface area contributed by atoms with Crippen molar-refractivity contribution in [3.05, 3.63) is 77.0 Å². The topological polar surface area (TPSA) is 93.1 Å². The van der Waals surface area contributed by atoms with E-state index >= 15 is 0 Å². The lowest BCUT2D eigenvalue weighted by atomic mass is 10.2. The average molecular weight is 364 g/mol. The fraction of sp³-hybridized carbons (Fsp3) is 0.200. The van der Waals surface area contributed by atoms with E-state index < -0.39 is 0 Å². The molecule has 2 aromatic heterocycles. The van der Waals surface area contributed by atoms with Crippen molar-refractivity contribution in [1.82, 2.24) is 20.2 Å². The molecule has 2 N–H and O–H groups in total. The van der Waals surface area contributed by atoms with Gasteiger partial charge in [0, 0.05) is 43.5 Å². The summed E-state index contributed by atoms with van der Waals surface area (Å²) in [5.74, 6) is -0.477. The van der Waals surface area contributed by atoms with Crippen LogP contribution in [0.3, 0.4) is 0 Å². The van der Waals surface area contributed by atoms with Crippen molar-refractivity contribution in [2.75, 3.05) is 6.54 Å². The molecule has 0 aliphatic rings. The molecule has 0 saturated carbocycles. The third-order valence-electron chi connectivity index (χ3n) is 4.09. The fourth-order valence-electron chi connectivity index (χ4n) is 2.67. The smallest absolute Gasteiger partial charge is 0.258 e. The van der Waals surface area contributed by atoms with Gasteiger partial charge >= 0.3 is 0 Å². The van der Waals surface area contributed by atoms with Crippen molar-refractivity contribution < 1.29 is 9.59 Å². The Bertz CT molecular complexity index is 999. The third-order valence-corrected chi connectivity index (χ3v) is 4.09. The zero-order valence-corrected chi connectivity index (χ0v) is 14.7. The van der Waals surface area contributed by atoms with Crippen LogP contribution in [0.5, 0.6) is 0 Å². The number of hydrogen-bond acceptors (Lipinski definition) is 4. The van der Waals surface area contributed by atoms with Gasteiger partial charge in [0.2, 0.25) is 11.8 Å². The average Bonchev–Trinajstić information content (AvgIpc) is 2.69. The molecule has 0 saturated heterocycles. The van der Waals surface area contributed by atoms with Crippen LogP contribution in [0.25, 0.3) is 10.8 Å². The van der Waals surface area contributed by atoms with Crippen LogP contribution in [0.2, 0.25) is 0 Å². The van der Waals surface area contributed by atoms with E-state index in [-0.39, 0.29) is 36.9 Å². The maximum atomic E-state index is 12.4. The summed E-state index contributed by atoms with van der Waals surface area (Å²) in [4.78, 5) is 40.2. The van der Waals surface area contributed by atoms with Gasteiger partial charge in [-0.3, -0.25) is 19.4 Å². The second-order valence-electron chi connectivity index (χ2n) is 6.07. The molecule has 138 valence electrons. The first-order valence-corrected chi connectivity index (χ1v) is 8.64. The summed E-state index contributed by atoms with van der Waals surface area (Å²) >= 11 is 0.